The van der Waals surface area contributed by atoms with E-state index in [1.165, 1.54) is 0 Å². The third-order valence-electron chi connectivity index (χ3n) is 3.69. The van der Waals surface area contributed by atoms with Crippen molar-refractivity contribution in [1.29, 1.82) is 0 Å². The van der Waals surface area contributed by atoms with Crippen LogP contribution in [0.15, 0.2) is 0 Å². The van der Waals surface area contributed by atoms with E-state index in [0.717, 1.165) is 38.8 Å². The fraction of sp³-hybridized carbons (Fsp3) is 0.929. The van der Waals surface area contributed by atoms with Crippen LogP contribution in [0.4, 0.5) is 0 Å². The maximum atomic E-state index is 11.6. The molecule has 2 aliphatic rings. The van der Waals surface area contributed by atoms with Crippen LogP contribution >= 0.6 is 0 Å². The van der Waals surface area contributed by atoms with Gasteiger partial charge in [-0.15, -0.1) is 0 Å². The molecule has 1 aliphatic heterocycles. The molecule has 0 aromatic rings. The molecule has 2 fully saturated rings. The Morgan fingerprint density at radius 1 is 1.18 bits per heavy atom. The number of hydrogen-bond donors (Lipinski definition) is 0. The molecular formula is C14H25NO2. The summed E-state index contributed by atoms with van der Waals surface area (Å²) in [7, 11) is 0. The summed E-state index contributed by atoms with van der Waals surface area (Å²) in [5.74, 6) is 0.434. The largest absolute Gasteiger partial charge is 0.367 e. The van der Waals surface area contributed by atoms with Crippen LogP contribution in [0.5, 0.6) is 0 Å². The Morgan fingerprint density at radius 3 is 2.29 bits per heavy atom. The van der Waals surface area contributed by atoms with Crippen LogP contribution in [0.3, 0.4) is 0 Å². The SMILES string of the molecule is CC1(C)CN(C2CCCC(=O)C2)CC(C)(C)O1. The summed E-state index contributed by atoms with van der Waals surface area (Å²) in [5, 5.41) is 0. The molecule has 0 radical (unpaired) electrons. The zero-order chi connectivity index (χ0) is 12.7. The number of ether oxygens (including phenoxy) is 1. The molecule has 0 amide bonds. The molecular weight excluding hydrogens is 214 g/mol. The third kappa shape index (κ3) is 3.29. The van der Waals surface area contributed by atoms with Crippen molar-refractivity contribution in [2.45, 2.75) is 70.6 Å². The van der Waals surface area contributed by atoms with E-state index in [1.54, 1.807) is 0 Å². The van der Waals surface area contributed by atoms with Gasteiger partial charge in [0.1, 0.15) is 5.78 Å². The lowest BCUT2D eigenvalue weighted by molar-refractivity contribution is -0.189. The van der Waals surface area contributed by atoms with Crippen LogP contribution in [0, 0.1) is 0 Å². The predicted molar refractivity (Wildman–Crippen MR) is 68.1 cm³/mol. The Hall–Kier alpha value is -0.410. The van der Waals surface area contributed by atoms with Gasteiger partial charge >= 0.3 is 0 Å². The lowest BCUT2D eigenvalue weighted by atomic mass is 9.89. The molecule has 0 bridgehead atoms. The first-order chi connectivity index (χ1) is 7.77. The molecule has 1 aliphatic carbocycles. The summed E-state index contributed by atoms with van der Waals surface area (Å²) >= 11 is 0. The van der Waals surface area contributed by atoms with Gasteiger partial charge in [-0.1, -0.05) is 0 Å². The molecule has 1 saturated heterocycles. The van der Waals surface area contributed by atoms with Crippen LogP contribution in [-0.4, -0.2) is 41.0 Å². The average molecular weight is 239 g/mol. The smallest absolute Gasteiger partial charge is 0.134 e. The summed E-state index contributed by atoms with van der Waals surface area (Å²) in [6, 6.07) is 0.443. The maximum Gasteiger partial charge on any atom is 0.134 e. The zero-order valence-electron chi connectivity index (χ0n) is 11.6. The van der Waals surface area contributed by atoms with Crippen LogP contribution in [0.25, 0.3) is 0 Å². The molecule has 0 aromatic heterocycles. The van der Waals surface area contributed by atoms with E-state index in [2.05, 4.69) is 32.6 Å². The van der Waals surface area contributed by atoms with Gasteiger partial charge in [0.25, 0.3) is 0 Å². The Kier molecular flexibility index (Phi) is 3.34. The van der Waals surface area contributed by atoms with Crippen molar-refractivity contribution in [2.24, 2.45) is 0 Å². The Balaban J connectivity index is 2.07. The van der Waals surface area contributed by atoms with Crippen molar-refractivity contribution >= 4 is 5.78 Å². The molecule has 2 rings (SSSR count). The maximum absolute atomic E-state index is 11.6. The van der Waals surface area contributed by atoms with E-state index < -0.39 is 0 Å². The summed E-state index contributed by atoms with van der Waals surface area (Å²) in [5.41, 5.74) is -0.218. The van der Waals surface area contributed by atoms with Crippen molar-refractivity contribution in [3.8, 4) is 0 Å². The van der Waals surface area contributed by atoms with Gasteiger partial charge in [0.05, 0.1) is 11.2 Å². The van der Waals surface area contributed by atoms with Crippen LogP contribution < -0.4 is 0 Å². The summed E-state index contributed by atoms with van der Waals surface area (Å²) in [4.78, 5) is 14.1. The molecule has 1 heterocycles. The van der Waals surface area contributed by atoms with Crippen molar-refractivity contribution in [3.05, 3.63) is 0 Å². The van der Waals surface area contributed by atoms with Gasteiger partial charge in [0, 0.05) is 32.0 Å². The minimum absolute atomic E-state index is 0.109. The Bertz CT molecular complexity index is 293. The molecule has 1 unspecified atom stereocenters. The second kappa shape index (κ2) is 4.36. The van der Waals surface area contributed by atoms with Gasteiger partial charge in [-0.05, 0) is 40.5 Å². The average Bonchev–Trinajstić information content (AvgIpc) is 2.12. The molecule has 17 heavy (non-hydrogen) atoms. The standard InChI is InChI=1S/C14H25NO2/c1-13(2)9-15(10-14(3,4)17-13)11-6-5-7-12(16)8-11/h11H,5-10H2,1-4H3. The molecule has 98 valence electrons. The van der Waals surface area contributed by atoms with Gasteiger partial charge in [-0.2, -0.15) is 0 Å². The van der Waals surface area contributed by atoms with Gasteiger partial charge in [0.15, 0.2) is 0 Å². The van der Waals surface area contributed by atoms with E-state index in [9.17, 15) is 4.79 Å². The quantitative estimate of drug-likeness (QED) is 0.703. The number of carbonyl (C=O) groups is 1. The number of carbonyl (C=O) groups excluding carboxylic acids is 1. The second-order valence-corrected chi connectivity index (χ2v) is 6.82. The first-order valence-electron chi connectivity index (χ1n) is 6.73. The number of nitrogens with zero attached hydrogens (tertiary/aromatic N) is 1. The van der Waals surface area contributed by atoms with Crippen molar-refractivity contribution in [3.63, 3.8) is 0 Å². The van der Waals surface area contributed by atoms with E-state index in [-0.39, 0.29) is 11.2 Å². The fourth-order valence-electron chi connectivity index (χ4n) is 3.42. The lowest BCUT2D eigenvalue weighted by Gasteiger charge is -2.50. The number of morpholine rings is 1. The minimum Gasteiger partial charge on any atom is -0.367 e. The highest BCUT2D eigenvalue weighted by atomic mass is 16.5. The van der Waals surface area contributed by atoms with Gasteiger partial charge < -0.3 is 4.74 Å². The van der Waals surface area contributed by atoms with E-state index >= 15 is 0 Å². The second-order valence-electron chi connectivity index (χ2n) is 6.82. The van der Waals surface area contributed by atoms with E-state index in [1.807, 2.05) is 0 Å². The van der Waals surface area contributed by atoms with Gasteiger partial charge in [-0.3, -0.25) is 9.69 Å². The first-order valence-corrected chi connectivity index (χ1v) is 6.73. The highest BCUT2D eigenvalue weighted by Crippen LogP contribution is 2.32. The predicted octanol–water partition coefficient (Wildman–Crippen LogP) is 2.39. The number of ketones is 1. The Labute approximate surface area is 105 Å². The minimum atomic E-state index is -0.109. The monoisotopic (exact) mass is 239 g/mol. The molecule has 0 aromatic carbocycles. The topological polar surface area (TPSA) is 29.5 Å². The van der Waals surface area contributed by atoms with Gasteiger partial charge in [0.2, 0.25) is 0 Å². The van der Waals surface area contributed by atoms with Crippen LogP contribution in [0.2, 0.25) is 0 Å². The highest BCUT2D eigenvalue weighted by molar-refractivity contribution is 5.79. The molecule has 3 nitrogen and oxygen atoms in total. The van der Waals surface area contributed by atoms with Crippen LogP contribution in [0.1, 0.15) is 53.4 Å². The molecule has 3 heteroatoms. The van der Waals surface area contributed by atoms with Gasteiger partial charge in [-0.25, -0.2) is 0 Å². The lowest BCUT2D eigenvalue weighted by Crippen LogP contribution is -2.60. The number of rotatable bonds is 1. The third-order valence-corrected chi connectivity index (χ3v) is 3.69. The number of Topliss-reactive ketones (excluding diaryl/α,β-unsaturated/α-hetero) is 1. The van der Waals surface area contributed by atoms with Crippen molar-refractivity contribution in [2.75, 3.05) is 13.1 Å². The molecule has 1 atom stereocenters. The molecule has 0 N–H and O–H groups in total. The summed E-state index contributed by atoms with van der Waals surface area (Å²) < 4.78 is 6.08. The van der Waals surface area contributed by atoms with Crippen molar-refractivity contribution in [1.82, 2.24) is 4.90 Å². The zero-order valence-corrected chi connectivity index (χ0v) is 11.6. The Morgan fingerprint density at radius 2 is 1.76 bits per heavy atom. The molecule has 1 saturated carbocycles. The summed E-state index contributed by atoms with van der Waals surface area (Å²) in [6.45, 7) is 10.5. The summed E-state index contributed by atoms with van der Waals surface area (Å²) in [6.07, 6.45) is 3.75. The van der Waals surface area contributed by atoms with Crippen molar-refractivity contribution < 1.29 is 9.53 Å². The number of hydrogen-bond acceptors (Lipinski definition) is 3. The normalized spacial score (nSPS) is 33.6. The highest BCUT2D eigenvalue weighted by Gasteiger charge is 2.41. The molecule has 0 spiro atoms. The van der Waals surface area contributed by atoms with Crippen LogP contribution in [-0.2, 0) is 9.53 Å². The first kappa shape index (κ1) is 13.0. The van der Waals surface area contributed by atoms with E-state index in [4.69, 9.17) is 4.74 Å². The van der Waals surface area contributed by atoms with E-state index in [0.29, 0.717) is 11.8 Å². The fourth-order valence-corrected chi connectivity index (χ4v) is 3.42.